The normalized spacial score (nSPS) is 11.2. The maximum atomic E-state index is 12.1. The van der Waals surface area contributed by atoms with Crippen LogP contribution in [0.25, 0.3) is 0 Å². The number of esters is 1. The van der Waals surface area contributed by atoms with Crippen molar-refractivity contribution in [3.8, 4) is 5.88 Å². The van der Waals surface area contributed by atoms with Crippen LogP contribution < -0.4 is 4.74 Å². The summed E-state index contributed by atoms with van der Waals surface area (Å²) in [5.74, 6) is -1.10. The van der Waals surface area contributed by atoms with E-state index in [0.717, 1.165) is 0 Å². The first-order valence-corrected chi connectivity index (χ1v) is 5.79. The summed E-state index contributed by atoms with van der Waals surface area (Å²) in [4.78, 5) is 14.7. The summed E-state index contributed by atoms with van der Waals surface area (Å²) in [5, 5.41) is 0. The fraction of sp³-hybridized carbons (Fsp3) is 0.400. The van der Waals surface area contributed by atoms with Gasteiger partial charge in [0.25, 0.3) is 0 Å². The van der Waals surface area contributed by atoms with Gasteiger partial charge in [0.2, 0.25) is 5.88 Å². The van der Waals surface area contributed by atoms with Gasteiger partial charge < -0.3 is 9.47 Å². The van der Waals surface area contributed by atoms with Crippen molar-refractivity contribution in [2.24, 2.45) is 0 Å². The van der Waals surface area contributed by atoms with Crippen LogP contribution in [0, 0.1) is 10.5 Å². The molecule has 0 saturated heterocycles. The van der Waals surface area contributed by atoms with Crippen molar-refractivity contribution in [3.05, 3.63) is 20.9 Å². The summed E-state index contributed by atoms with van der Waals surface area (Å²) < 4.78 is 45.2. The molecule has 0 unspecified atom stereocenters. The molecule has 0 atom stereocenters. The molecule has 1 aromatic heterocycles. The summed E-state index contributed by atoms with van der Waals surface area (Å²) in [7, 11) is 1.21. The number of rotatable bonds is 3. The Kier molecular flexibility index (Phi) is 4.77. The van der Waals surface area contributed by atoms with Crippen LogP contribution in [0.5, 0.6) is 5.88 Å². The SMILES string of the molecule is COC(=O)Cc1c(I)cnc(OC(F)(F)F)c1C. The van der Waals surface area contributed by atoms with E-state index in [0.29, 0.717) is 9.13 Å². The summed E-state index contributed by atoms with van der Waals surface area (Å²) in [5.41, 5.74) is 0.585. The van der Waals surface area contributed by atoms with E-state index in [1.807, 2.05) is 22.6 Å². The molecule has 0 aliphatic carbocycles. The predicted molar refractivity (Wildman–Crippen MR) is 64.1 cm³/mol. The number of aromatic nitrogens is 1. The lowest BCUT2D eigenvalue weighted by Gasteiger charge is -2.13. The van der Waals surface area contributed by atoms with Crippen LogP contribution in [0.15, 0.2) is 6.20 Å². The monoisotopic (exact) mass is 375 g/mol. The maximum Gasteiger partial charge on any atom is 0.574 e. The van der Waals surface area contributed by atoms with Crippen LogP contribution in [-0.2, 0) is 16.0 Å². The molecule has 8 heteroatoms. The van der Waals surface area contributed by atoms with Crippen molar-refractivity contribution < 1.29 is 27.4 Å². The summed E-state index contributed by atoms with van der Waals surface area (Å²) in [6.45, 7) is 1.41. The standard InChI is InChI=1S/C10H9F3INO3/c1-5-6(3-8(16)17-2)7(14)4-15-9(5)18-10(11,12)13/h4H,3H2,1-2H3. The minimum atomic E-state index is -4.81. The van der Waals surface area contributed by atoms with Crippen molar-refractivity contribution in [1.29, 1.82) is 0 Å². The zero-order valence-electron chi connectivity index (χ0n) is 9.47. The van der Waals surface area contributed by atoms with Gasteiger partial charge in [0, 0.05) is 15.3 Å². The van der Waals surface area contributed by atoms with Gasteiger partial charge in [-0.25, -0.2) is 4.98 Å². The molecule has 1 heterocycles. The smallest absolute Gasteiger partial charge is 0.469 e. The van der Waals surface area contributed by atoms with Crippen molar-refractivity contribution in [2.75, 3.05) is 7.11 Å². The maximum absolute atomic E-state index is 12.1. The highest BCUT2D eigenvalue weighted by Crippen LogP contribution is 2.28. The molecule has 0 bridgehead atoms. The molecule has 0 radical (unpaired) electrons. The number of hydrogen-bond acceptors (Lipinski definition) is 4. The van der Waals surface area contributed by atoms with E-state index < -0.39 is 18.2 Å². The zero-order valence-corrected chi connectivity index (χ0v) is 11.6. The number of methoxy groups -OCH3 is 1. The molecular weight excluding hydrogens is 366 g/mol. The van der Waals surface area contributed by atoms with Gasteiger partial charge in [0.05, 0.1) is 13.5 Å². The number of ether oxygens (including phenoxy) is 2. The van der Waals surface area contributed by atoms with E-state index in [1.165, 1.54) is 20.2 Å². The van der Waals surface area contributed by atoms with Crippen molar-refractivity contribution in [1.82, 2.24) is 4.98 Å². The summed E-state index contributed by atoms with van der Waals surface area (Å²) in [6.07, 6.45) is -3.72. The second kappa shape index (κ2) is 5.72. The topological polar surface area (TPSA) is 48.4 Å². The number of nitrogens with zero attached hydrogens (tertiary/aromatic N) is 1. The van der Waals surface area contributed by atoms with Crippen molar-refractivity contribution >= 4 is 28.6 Å². The number of halogens is 4. The molecule has 0 aromatic carbocycles. The van der Waals surface area contributed by atoms with Crippen LogP contribution in [0.1, 0.15) is 11.1 Å². The lowest BCUT2D eigenvalue weighted by Crippen LogP contribution is -2.19. The van der Waals surface area contributed by atoms with E-state index in [-0.39, 0.29) is 12.0 Å². The molecule has 1 aromatic rings. The highest BCUT2D eigenvalue weighted by Gasteiger charge is 2.33. The summed E-state index contributed by atoms with van der Waals surface area (Å²) in [6, 6.07) is 0. The molecular formula is C10H9F3INO3. The number of hydrogen-bond donors (Lipinski definition) is 0. The molecule has 4 nitrogen and oxygen atoms in total. The largest absolute Gasteiger partial charge is 0.574 e. The van der Waals surface area contributed by atoms with Gasteiger partial charge in [-0.05, 0) is 35.1 Å². The molecule has 0 aliphatic heterocycles. The van der Waals surface area contributed by atoms with Crippen LogP contribution >= 0.6 is 22.6 Å². The fourth-order valence-corrected chi connectivity index (χ4v) is 1.98. The van der Waals surface area contributed by atoms with Crippen LogP contribution in [0.2, 0.25) is 0 Å². The molecule has 0 fully saturated rings. The lowest BCUT2D eigenvalue weighted by atomic mass is 10.1. The molecule has 18 heavy (non-hydrogen) atoms. The Bertz CT molecular complexity index is 462. The first-order chi connectivity index (χ1) is 8.24. The average Bonchev–Trinajstić information content (AvgIpc) is 2.26. The van der Waals surface area contributed by atoms with Gasteiger partial charge in [0.15, 0.2) is 0 Å². The van der Waals surface area contributed by atoms with E-state index in [2.05, 4.69) is 14.5 Å². The predicted octanol–water partition coefficient (Wildman–Crippen LogP) is 2.61. The third-order valence-electron chi connectivity index (χ3n) is 2.12. The number of carbonyl (C=O) groups excluding carboxylic acids is 1. The second-order valence-electron chi connectivity index (χ2n) is 3.32. The molecule has 0 amide bonds. The van der Waals surface area contributed by atoms with Gasteiger partial charge in [-0.3, -0.25) is 4.79 Å². The minimum Gasteiger partial charge on any atom is -0.469 e. The average molecular weight is 375 g/mol. The summed E-state index contributed by atoms with van der Waals surface area (Å²) >= 11 is 1.88. The Morgan fingerprint density at radius 3 is 2.61 bits per heavy atom. The second-order valence-corrected chi connectivity index (χ2v) is 4.48. The van der Waals surface area contributed by atoms with Gasteiger partial charge in [-0.1, -0.05) is 0 Å². The van der Waals surface area contributed by atoms with Crippen LogP contribution in [0.4, 0.5) is 13.2 Å². The van der Waals surface area contributed by atoms with Crippen LogP contribution in [-0.4, -0.2) is 24.4 Å². The highest BCUT2D eigenvalue weighted by atomic mass is 127. The quantitative estimate of drug-likeness (QED) is 0.602. The van der Waals surface area contributed by atoms with Crippen LogP contribution in [0.3, 0.4) is 0 Å². The van der Waals surface area contributed by atoms with E-state index in [1.54, 1.807) is 0 Å². The Morgan fingerprint density at radius 1 is 1.50 bits per heavy atom. The molecule has 100 valence electrons. The Morgan fingerprint density at radius 2 is 2.11 bits per heavy atom. The van der Waals surface area contributed by atoms with Crippen molar-refractivity contribution in [2.45, 2.75) is 19.7 Å². The Hall–Kier alpha value is -1.06. The first-order valence-electron chi connectivity index (χ1n) is 4.71. The number of pyridine rings is 1. The third kappa shape index (κ3) is 4.00. The van der Waals surface area contributed by atoms with Gasteiger partial charge >= 0.3 is 12.3 Å². The van der Waals surface area contributed by atoms with E-state index in [4.69, 9.17) is 0 Å². The molecule has 0 N–H and O–H groups in total. The molecule has 0 spiro atoms. The Balaban J connectivity index is 3.10. The minimum absolute atomic E-state index is 0.128. The highest BCUT2D eigenvalue weighted by molar-refractivity contribution is 14.1. The van der Waals surface area contributed by atoms with E-state index in [9.17, 15) is 18.0 Å². The van der Waals surface area contributed by atoms with Crippen molar-refractivity contribution in [3.63, 3.8) is 0 Å². The zero-order chi connectivity index (χ0) is 13.9. The third-order valence-corrected chi connectivity index (χ3v) is 3.05. The fourth-order valence-electron chi connectivity index (χ4n) is 1.24. The molecule has 0 saturated carbocycles. The van der Waals surface area contributed by atoms with E-state index >= 15 is 0 Å². The first kappa shape index (κ1) is 15.0. The van der Waals surface area contributed by atoms with Gasteiger partial charge in [-0.15, -0.1) is 13.2 Å². The lowest BCUT2D eigenvalue weighted by molar-refractivity contribution is -0.276. The molecule has 1 rings (SSSR count). The Labute approximate surface area is 115 Å². The molecule has 0 aliphatic rings. The van der Waals surface area contributed by atoms with Gasteiger partial charge in [0.1, 0.15) is 0 Å². The number of carbonyl (C=O) groups is 1. The number of alkyl halides is 3. The van der Waals surface area contributed by atoms with Gasteiger partial charge in [-0.2, -0.15) is 0 Å².